The van der Waals surface area contributed by atoms with Crippen LogP contribution in [0, 0.1) is 5.41 Å². The fourth-order valence-corrected chi connectivity index (χ4v) is 4.32. The third kappa shape index (κ3) is 2.67. The van der Waals surface area contributed by atoms with Gasteiger partial charge in [0.15, 0.2) is 0 Å². The molecule has 4 rings (SSSR count). The number of likely N-dealkylation sites (tertiary alicyclic amines) is 1. The smallest absolute Gasteiger partial charge is 0.247 e. The van der Waals surface area contributed by atoms with Crippen LogP contribution in [0.25, 0.3) is 0 Å². The Hall–Kier alpha value is -2.70. The minimum absolute atomic E-state index is 0.114. The number of anilines is 2. The minimum Gasteiger partial charge on any atom is -0.323 e. The van der Waals surface area contributed by atoms with Crippen LogP contribution in [0.2, 0.25) is 0 Å². The summed E-state index contributed by atoms with van der Waals surface area (Å²) < 4.78 is 0. The largest absolute Gasteiger partial charge is 0.323 e. The van der Waals surface area contributed by atoms with Crippen LogP contribution in [-0.4, -0.2) is 41.6 Å². The van der Waals surface area contributed by atoms with Crippen molar-refractivity contribution in [2.24, 2.45) is 5.41 Å². The molecule has 4 amide bonds. The number of nitrogens with zero attached hydrogens (tertiary/aromatic N) is 2. The fourth-order valence-electron chi connectivity index (χ4n) is 4.32. The van der Waals surface area contributed by atoms with Gasteiger partial charge in [-0.25, -0.2) is 0 Å². The molecule has 1 saturated carbocycles. The molecule has 2 aliphatic heterocycles. The number of para-hydroxylation sites is 2. The van der Waals surface area contributed by atoms with E-state index in [1.165, 1.54) is 4.90 Å². The molecular weight excluding hydrogens is 334 g/mol. The number of hydrogen-bond acceptors (Lipinski definition) is 4. The van der Waals surface area contributed by atoms with E-state index in [0.717, 1.165) is 37.0 Å². The van der Waals surface area contributed by atoms with Crippen molar-refractivity contribution in [2.45, 2.75) is 38.5 Å². The van der Waals surface area contributed by atoms with Gasteiger partial charge in [0, 0.05) is 6.42 Å². The molecule has 0 bridgehead atoms. The van der Waals surface area contributed by atoms with E-state index in [9.17, 15) is 19.2 Å². The molecule has 26 heavy (non-hydrogen) atoms. The van der Waals surface area contributed by atoms with E-state index in [2.05, 4.69) is 5.32 Å². The van der Waals surface area contributed by atoms with Gasteiger partial charge in [0.25, 0.3) is 0 Å². The van der Waals surface area contributed by atoms with Gasteiger partial charge in [-0.05, 0) is 25.0 Å². The number of amides is 4. The Kier molecular flexibility index (Phi) is 4.01. The first-order valence-corrected chi connectivity index (χ1v) is 9.04. The number of rotatable bonds is 2. The Bertz CT molecular complexity index is 798. The minimum atomic E-state index is -0.604. The van der Waals surface area contributed by atoms with Crippen LogP contribution in [0.1, 0.15) is 38.5 Å². The van der Waals surface area contributed by atoms with E-state index in [0.29, 0.717) is 11.4 Å². The molecule has 0 atom stereocenters. The maximum Gasteiger partial charge on any atom is 0.247 e. The van der Waals surface area contributed by atoms with Crippen LogP contribution in [0.4, 0.5) is 11.4 Å². The Morgan fingerprint density at radius 2 is 1.81 bits per heavy atom. The van der Waals surface area contributed by atoms with Gasteiger partial charge < -0.3 is 5.32 Å². The zero-order valence-electron chi connectivity index (χ0n) is 14.5. The molecule has 2 fully saturated rings. The summed E-state index contributed by atoms with van der Waals surface area (Å²) in [6, 6.07) is 7.01. The summed E-state index contributed by atoms with van der Waals surface area (Å²) in [5.41, 5.74) is 0.538. The van der Waals surface area contributed by atoms with Crippen molar-refractivity contribution >= 4 is 35.0 Å². The molecule has 1 aliphatic carbocycles. The maximum absolute atomic E-state index is 12.9. The molecule has 3 aliphatic rings. The zero-order valence-corrected chi connectivity index (χ0v) is 14.5. The lowest BCUT2D eigenvalue weighted by atomic mass is 9.73. The summed E-state index contributed by atoms with van der Waals surface area (Å²) in [6.07, 6.45) is 4.62. The lowest BCUT2D eigenvalue weighted by Crippen LogP contribution is -2.48. The molecule has 0 unspecified atom stereocenters. The molecule has 1 aromatic rings. The van der Waals surface area contributed by atoms with Crippen LogP contribution in [0.15, 0.2) is 24.3 Å². The third-order valence-electron chi connectivity index (χ3n) is 5.67. The average Bonchev–Trinajstić information content (AvgIpc) is 2.85. The zero-order chi connectivity index (χ0) is 18.3. The summed E-state index contributed by atoms with van der Waals surface area (Å²) in [6.45, 7) is -0.418. The summed E-state index contributed by atoms with van der Waals surface area (Å²) in [4.78, 5) is 52.5. The molecule has 1 saturated heterocycles. The SMILES string of the molecule is O=C1CN(C(=O)CN2C(=O)CC3(CCCCC3)C2=O)c2ccccc2N1. The molecule has 0 aromatic heterocycles. The first-order valence-electron chi connectivity index (χ1n) is 9.04. The molecule has 136 valence electrons. The highest BCUT2D eigenvalue weighted by Crippen LogP contribution is 2.45. The highest BCUT2D eigenvalue weighted by Gasteiger charge is 2.52. The van der Waals surface area contributed by atoms with Gasteiger partial charge in [-0.3, -0.25) is 29.0 Å². The Morgan fingerprint density at radius 1 is 1.08 bits per heavy atom. The average molecular weight is 355 g/mol. The highest BCUT2D eigenvalue weighted by atomic mass is 16.2. The van der Waals surface area contributed by atoms with Gasteiger partial charge in [0.2, 0.25) is 23.6 Å². The normalized spacial score (nSPS) is 21.8. The van der Waals surface area contributed by atoms with Crippen molar-refractivity contribution in [3.63, 3.8) is 0 Å². The topological polar surface area (TPSA) is 86.8 Å². The predicted octanol–water partition coefficient (Wildman–Crippen LogP) is 1.68. The second-order valence-corrected chi connectivity index (χ2v) is 7.35. The quantitative estimate of drug-likeness (QED) is 0.818. The highest BCUT2D eigenvalue weighted by molar-refractivity contribution is 6.13. The van der Waals surface area contributed by atoms with E-state index in [-0.39, 0.29) is 37.2 Å². The maximum atomic E-state index is 12.9. The van der Waals surface area contributed by atoms with Crippen molar-refractivity contribution in [1.82, 2.24) is 4.90 Å². The predicted molar refractivity (Wildman–Crippen MR) is 94.3 cm³/mol. The summed E-state index contributed by atoms with van der Waals surface area (Å²) >= 11 is 0. The standard InChI is InChI=1S/C19H21N3O4/c23-15-11-21(14-7-3-2-6-13(14)20-15)17(25)12-22-16(24)10-19(18(22)26)8-4-1-5-9-19/h2-3,6-7H,1,4-5,8-12H2,(H,20,23). The second kappa shape index (κ2) is 6.23. The van der Waals surface area contributed by atoms with Crippen LogP contribution in [0.3, 0.4) is 0 Å². The van der Waals surface area contributed by atoms with Gasteiger partial charge in [-0.2, -0.15) is 0 Å². The van der Waals surface area contributed by atoms with Crippen LogP contribution < -0.4 is 10.2 Å². The van der Waals surface area contributed by atoms with E-state index >= 15 is 0 Å². The monoisotopic (exact) mass is 355 g/mol. The Morgan fingerprint density at radius 3 is 2.58 bits per heavy atom. The molecule has 1 N–H and O–H groups in total. The van der Waals surface area contributed by atoms with E-state index in [4.69, 9.17) is 0 Å². The summed E-state index contributed by atoms with van der Waals surface area (Å²) in [5.74, 6) is -1.20. The van der Waals surface area contributed by atoms with Gasteiger partial charge >= 0.3 is 0 Å². The van der Waals surface area contributed by atoms with Gasteiger partial charge in [-0.15, -0.1) is 0 Å². The summed E-state index contributed by atoms with van der Waals surface area (Å²) in [7, 11) is 0. The molecule has 7 nitrogen and oxygen atoms in total. The lowest BCUT2D eigenvalue weighted by Gasteiger charge is -2.32. The second-order valence-electron chi connectivity index (χ2n) is 7.35. The summed E-state index contributed by atoms with van der Waals surface area (Å²) in [5, 5.41) is 2.72. The number of benzene rings is 1. The molecule has 1 spiro atoms. The molecule has 0 radical (unpaired) electrons. The number of carbonyl (C=O) groups is 4. The molecular formula is C19H21N3O4. The van der Waals surface area contributed by atoms with Gasteiger partial charge in [0.1, 0.15) is 13.1 Å². The van der Waals surface area contributed by atoms with Crippen molar-refractivity contribution in [3.05, 3.63) is 24.3 Å². The number of nitrogens with one attached hydrogen (secondary N) is 1. The molecule has 7 heteroatoms. The van der Waals surface area contributed by atoms with Gasteiger partial charge in [-0.1, -0.05) is 31.4 Å². The van der Waals surface area contributed by atoms with Crippen molar-refractivity contribution in [2.75, 3.05) is 23.3 Å². The third-order valence-corrected chi connectivity index (χ3v) is 5.67. The van der Waals surface area contributed by atoms with Crippen LogP contribution in [0.5, 0.6) is 0 Å². The lowest BCUT2D eigenvalue weighted by molar-refractivity contribution is -0.145. The Balaban J connectivity index is 1.54. The molecule has 2 heterocycles. The van der Waals surface area contributed by atoms with Gasteiger partial charge in [0.05, 0.1) is 16.8 Å². The molecule has 1 aromatic carbocycles. The van der Waals surface area contributed by atoms with Crippen molar-refractivity contribution < 1.29 is 19.2 Å². The fraction of sp³-hybridized carbons (Fsp3) is 0.474. The van der Waals surface area contributed by atoms with Crippen LogP contribution in [-0.2, 0) is 19.2 Å². The number of imide groups is 1. The first-order chi connectivity index (χ1) is 12.5. The first kappa shape index (κ1) is 16.8. The van der Waals surface area contributed by atoms with Crippen molar-refractivity contribution in [1.29, 1.82) is 0 Å². The number of fused-ring (bicyclic) bond motifs is 1. The van der Waals surface area contributed by atoms with Crippen molar-refractivity contribution in [3.8, 4) is 0 Å². The van der Waals surface area contributed by atoms with E-state index in [1.807, 2.05) is 0 Å². The van der Waals surface area contributed by atoms with Crippen LogP contribution >= 0.6 is 0 Å². The number of hydrogen-bond donors (Lipinski definition) is 1. The van der Waals surface area contributed by atoms with E-state index in [1.54, 1.807) is 24.3 Å². The van der Waals surface area contributed by atoms with E-state index < -0.39 is 11.3 Å². The number of carbonyl (C=O) groups excluding carboxylic acids is 4. The Labute approximate surface area is 151 Å².